The number of nitrogens with zero attached hydrogens (tertiary/aromatic N) is 1. The van der Waals surface area contributed by atoms with E-state index in [0.717, 1.165) is 5.56 Å². The van der Waals surface area contributed by atoms with Crippen molar-refractivity contribution in [1.29, 1.82) is 0 Å². The lowest BCUT2D eigenvalue weighted by Crippen LogP contribution is -2.35. The molecule has 0 bridgehead atoms. The molecule has 1 aromatic rings. The van der Waals surface area contributed by atoms with Crippen LogP contribution in [0.3, 0.4) is 0 Å². The van der Waals surface area contributed by atoms with Crippen LogP contribution < -0.4 is 15.8 Å². The number of ether oxygens (including phenoxy) is 1. The van der Waals surface area contributed by atoms with Gasteiger partial charge in [0.2, 0.25) is 0 Å². The highest BCUT2D eigenvalue weighted by molar-refractivity contribution is 14.0. The number of rotatable bonds is 5. The standard InChI is InChI=1S/C12H16F3N3O.HI/c1-9-2-4-10(5-3-9)19-7-6-17-11(16)18-8-12(13,14)15;/h2-5H,6-8H2,1H3,(H3,16,17,18);1H. The number of hydrogen-bond acceptors (Lipinski definition) is 2. The van der Waals surface area contributed by atoms with Crippen molar-refractivity contribution >= 4 is 29.9 Å². The number of alkyl halides is 3. The van der Waals surface area contributed by atoms with Crippen LogP contribution in [-0.2, 0) is 0 Å². The molecule has 1 rings (SSSR count). The van der Waals surface area contributed by atoms with Crippen LogP contribution in [0.5, 0.6) is 5.75 Å². The molecule has 20 heavy (non-hydrogen) atoms. The minimum Gasteiger partial charge on any atom is -0.492 e. The third-order valence-corrected chi connectivity index (χ3v) is 2.13. The van der Waals surface area contributed by atoms with Crippen molar-refractivity contribution < 1.29 is 17.9 Å². The fraction of sp³-hybridized carbons (Fsp3) is 0.417. The summed E-state index contributed by atoms with van der Waals surface area (Å²) in [5.41, 5.74) is 6.38. The Morgan fingerprint density at radius 1 is 1.30 bits per heavy atom. The SMILES string of the molecule is Cc1ccc(OCCNC(N)=NCC(F)(F)F)cc1.I. The molecule has 0 saturated heterocycles. The second-order valence-corrected chi connectivity index (χ2v) is 3.90. The molecular formula is C12H17F3IN3O. The van der Waals surface area contributed by atoms with Crippen LogP contribution in [0.15, 0.2) is 29.3 Å². The van der Waals surface area contributed by atoms with Crippen LogP contribution in [0.4, 0.5) is 13.2 Å². The molecule has 0 aromatic heterocycles. The Hall–Kier alpha value is -1.19. The highest BCUT2D eigenvalue weighted by Crippen LogP contribution is 2.14. The Morgan fingerprint density at radius 3 is 2.45 bits per heavy atom. The summed E-state index contributed by atoms with van der Waals surface area (Å²) in [7, 11) is 0. The molecule has 114 valence electrons. The Labute approximate surface area is 132 Å². The van der Waals surface area contributed by atoms with Gasteiger partial charge in [-0.3, -0.25) is 0 Å². The third-order valence-electron chi connectivity index (χ3n) is 2.13. The lowest BCUT2D eigenvalue weighted by atomic mass is 10.2. The topological polar surface area (TPSA) is 59.6 Å². The number of aryl methyl sites for hydroxylation is 1. The van der Waals surface area contributed by atoms with E-state index >= 15 is 0 Å². The maximum absolute atomic E-state index is 11.8. The van der Waals surface area contributed by atoms with Gasteiger partial charge >= 0.3 is 6.18 Å². The van der Waals surface area contributed by atoms with Crippen molar-refractivity contribution in [3.8, 4) is 5.75 Å². The first-order valence-corrected chi connectivity index (χ1v) is 5.67. The van der Waals surface area contributed by atoms with Crippen LogP contribution in [-0.4, -0.2) is 31.8 Å². The van der Waals surface area contributed by atoms with E-state index in [2.05, 4.69) is 10.3 Å². The lowest BCUT2D eigenvalue weighted by molar-refractivity contribution is -0.118. The fourth-order valence-electron chi connectivity index (χ4n) is 1.21. The van der Waals surface area contributed by atoms with Crippen molar-refractivity contribution in [1.82, 2.24) is 5.32 Å². The monoisotopic (exact) mass is 403 g/mol. The van der Waals surface area contributed by atoms with Crippen LogP contribution >= 0.6 is 24.0 Å². The summed E-state index contributed by atoms with van der Waals surface area (Å²) in [4.78, 5) is 3.15. The number of hydrogen-bond donors (Lipinski definition) is 2. The van der Waals surface area contributed by atoms with E-state index in [4.69, 9.17) is 10.5 Å². The predicted molar refractivity (Wildman–Crippen MR) is 82.6 cm³/mol. The summed E-state index contributed by atoms with van der Waals surface area (Å²) in [5.74, 6) is 0.447. The molecule has 1 aromatic carbocycles. The van der Waals surface area contributed by atoms with Crippen molar-refractivity contribution in [2.75, 3.05) is 19.7 Å². The van der Waals surface area contributed by atoms with Gasteiger partial charge in [0.05, 0.1) is 6.54 Å². The van der Waals surface area contributed by atoms with Crippen molar-refractivity contribution in [2.45, 2.75) is 13.1 Å². The largest absolute Gasteiger partial charge is 0.492 e. The number of aliphatic imine (C=N–C) groups is 1. The molecule has 0 fully saturated rings. The number of benzene rings is 1. The minimum absolute atomic E-state index is 0. The van der Waals surface area contributed by atoms with Gasteiger partial charge in [0.1, 0.15) is 18.9 Å². The van der Waals surface area contributed by atoms with Crippen molar-refractivity contribution in [2.24, 2.45) is 10.7 Å². The van der Waals surface area contributed by atoms with Gasteiger partial charge in [-0.1, -0.05) is 17.7 Å². The lowest BCUT2D eigenvalue weighted by Gasteiger charge is -2.09. The molecule has 0 heterocycles. The summed E-state index contributed by atoms with van der Waals surface area (Å²) in [6.45, 7) is 1.24. The Bertz CT molecular complexity index is 421. The average molecular weight is 403 g/mol. The first kappa shape index (κ1) is 18.8. The molecule has 0 radical (unpaired) electrons. The summed E-state index contributed by atoms with van der Waals surface area (Å²) in [6.07, 6.45) is -4.34. The molecule has 0 unspecified atom stereocenters. The van der Waals surface area contributed by atoms with Gasteiger partial charge in [0.15, 0.2) is 5.96 Å². The van der Waals surface area contributed by atoms with Gasteiger partial charge < -0.3 is 15.8 Å². The van der Waals surface area contributed by atoms with Gasteiger partial charge in [0.25, 0.3) is 0 Å². The van der Waals surface area contributed by atoms with Gasteiger partial charge in [-0.2, -0.15) is 13.2 Å². The first-order valence-electron chi connectivity index (χ1n) is 5.67. The van der Waals surface area contributed by atoms with E-state index in [0.29, 0.717) is 5.75 Å². The molecule has 4 nitrogen and oxygen atoms in total. The number of nitrogens with one attached hydrogen (secondary N) is 1. The summed E-state index contributed by atoms with van der Waals surface area (Å²) < 4.78 is 40.9. The van der Waals surface area contributed by atoms with E-state index < -0.39 is 12.7 Å². The zero-order valence-corrected chi connectivity index (χ0v) is 13.2. The number of halogens is 4. The van der Waals surface area contributed by atoms with Crippen LogP contribution in [0.1, 0.15) is 5.56 Å². The Balaban J connectivity index is 0.00000361. The van der Waals surface area contributed by atoms with Crippen molar-refractivity contribution in [3.63, 3.8) is 0 Å². The van der Waals surface area contributed by atoms with Crippen molar-refractivity contribution in [3.05, 3.63) is 29.8 Å². The molecule has 0 saturated carbocycles. The smallest absolute Gasteiger partial charge is 0.408 e. The highest BCUT2D eigenvalue weighted by atomic mass is 127. The number of nitrogens with two attached hydrogens (primary N) is 1. The third kappa shape index (κ3) is 8.83. The molecule has 0 spiro atoms. The second-order valence-electron chi connectivity index (χ2n) is 3.90. The molecule has 0 amide bonds. The van der Waals surface area contributed by atoms with E-state index in [-0.39, 0.29) is 43.1 Å². The summed E-state index contributed by atoms with van der Waals surface area (Å²) in [6, 6.07) is 7.44. The maximum atomic E-state index is 11.8. The van der Waals surface area contributed by atoms with Crippen LogP contribution in [0.2, 0.25) is 0 Å². The first-order chi connectivity index (χ1) is 8.87. The van der Waals surface area contributed by atoms with E-state index in [1.165, 1.54) is 0 Å². The highest BCUT2D eigenvalue weighted by Gasteiger charge is 2.26. The van der Waals surface area contributed by atoms with Crippen LogP contribution in [0, 0.1) is 6.92 Å². The molecule has 8 heteroatoms. The molecule has 0 aliphatic heterocycles. The molecule has 0 aliphatic rings. The molecule has 0 aliphatic carbocycles. The van der Waals surface area contributed by atoms with E-state index in [1.54, 1.807) is 0 Å². The molecular weight excluding hydrogens is 386 g/mol. The fourth-order valence-corrected chi connectivity index (χ4v) is 1.21. The van der Waals surface area contributed by atoms with E-state index in [9.17, 15) is 13.2 Å². The van der Waals surface area contributed by atoms with Gasteiger partial charge in [-0.15, -0.1) is 24.0 Å². The predicted octanol–water partition coefficient (Wildman–Crippen LogP) is 2.46. The quantitative estimate of drug-likeness (QED) is 0.344. The summed E-state index contributed by atoms with van der Waals surface area (Å²) >= 11 is 0. The van der Waals surface area contributed by atoms with Crippen LogP contribution in [0.25, 0.3) is 0 Å². The zero-order chi connectivity index (χ0) is 14.3. The maximum Gasteiger partial charge on any atom is 0.408 e. The average Bonchev–Trinajstić information content (AvgIpc) is 2.33. The normalized spacial score (nSPS) is 11.7. The summed E-state index contributed by atoms with van der Waals surface area (Å²) in [5, 5.41) is 2.54. The second kappa shape index (κ2) is 8.88. The minimum atomic E-state index is -4.34. The Morgan fingerprint density at radius 2 is 1.90 bits per heavy atom. The zero-order valence-electron chi connectivity index (χ0n) is 10.9. The van der Waals surface area contributed by atoms with Gasteiger partial charge in [-0.25, -0.2) is 4.99 Å². The molecule has 3 N–H and O–H groups in total. The Kier molecular flexibility index (Phi) is 8.35. The van der Waals surface area contributed by atoms with E-state index in [1.807, 2.05) is 31.2 Å². The van der Waals surface area contributed by atoms with Gasteiger partial charge in [-0.05, 0) is 19.1 Å². The van der Waals surface area contributed by atoms with Gasteiger partial charge in [0, 0.05) is 0 Å². The molecule has 0 atom stereocenters. The number of guanidine groups is 1.